The predicted octanol–water partition coefficient (Wildman–Crippen LogP) is 2.90. The molecule has 0 saturated carbocycles. The fraction of sp³-hybridized carbons (Fsp3) is 0.200. The lowest BCUT2D eigenvalue weighted by Gasteiger charge is -2.15. The zero-order chi connectivity index (χ0) is 13.8. The molecule has 2 aromatic heterocycles. The van der Waals surface area contributed by atoms with E-state index in [2.05, 4.69) is 28.5 Å². The van der Waals surface area contributed by atoms with Gasteiger partial charge < -0.3 is 9.73 Å². The minimum absolute atomic E-state index is 0.289. The van der Waals surface area contributed by atoms with E-state index in [1.54, 1.807) is 18.9 Å². The summed E-state index contributed by atoms with van der Waals surface area (Å²) in [5.74, 6) is 0.986. The van der Waals surface area contributed by atoms with Crippen molar-refractivity contribution >= 4 is 5.69 Å². The third kappa shape index (κ3) is 2.88. The second-order valence-corrected chi connectivity index (χ2v) is 4.75. The summed E-state index contributed by atoms with van der Waals surface area (Å²) in [6.45, 7) is 2.13. The van der Waals surface area contributed by atoms with Crippen LogP contribution in [0.5, 0.6) is 0 Å². The van der Waals surface area contributed by atoms with E-state index in [1.807, 2.05) is 34.9 Å². The average molecular weight is 268 g/mol. The predicted molar refractivity (Wildman–Crippen MR) is 76.9 cm³/mol. The van der Waals surface area contributed by atoms with Gasteiger partial charge >= 0.3 is 0 Å². The summed E-state index contributed by atoms with van der Waals surface area (Å²) in [6.07, 6.45) is 5.93. The van der Waals surface area contributed by atoms with Crippen LogP contribution in [0.3, 0.4) is 0 Å². The van der Waals surface area contributed by atoms with Crippen LogP contribution in [0.2, 0.25) is 0 Å². The van der Waals surface area contributed by atoms with Crippen molar-refractivity contribution < 1.29 is 4.42 Å². The summed E-state index contributed by atoms with van der Waals surface area (Å²) in [6, 6.07) is 12.3. The average Bonchev–Trinajstić information content (AvgIpc) is 3.11. The van der Waals surface area contributed by atoms with Crippen LogP contribution < -0.4 is 5.32 Å². The van der Waals surface area contributed by atoms with E-state index in [9.17, 15) is 0 Å². The van der Waals surface area contributed by atoms with E-state index in [1.165, 1.54) is 0 Å². The largest absolute Gasteiger partial charge is 0.469 e. The lowest BCUT2D eigenvalue weighted by atomic mass is 10.2. The number of nitrogens with one attached hydrogen (secondary N) is 1. The molecule has 2 heterocycles. The maximum absolute atomic E-state index is 5.36. The van der Waals surface area contributed by atoms with Gasteiger partial charge in [-0.25, -0.2) is 0 Å². The van der Waals surface area contributed by atoms with Gasteiger partial charge in [0.25, 0.3) is 0 Å². The first-order valence-corrected chi connectivity index (χ1v) is 6.55. The highest BCUT2D eigenvalue weighted by Crippen LogP contribution is 2.16. The van der Waals surface area contributed by atoms with Crippen molar-refractivity contribution in [1.29, 1.82) is 0 Å². The van der Waals surface area contributed by atoms with Gasteiger partial charge in [-0.2, -0.15) is 0 Å². The van der Waals surface area contributed by atoms with Crippen LogP contribution in [0.25, 0.3) is 5.69 Å². The molecule has 3 rings (SSSR count). The maximum Gasteiger partial charge on any atom is 0.123 e. The topological polar surface area (TPSA) is 55.9 Å². The van der Waals surface area contributed by atoms with E-state index < -0.39 is 0 Å². The summed E-state index contributed by atoms with van der Waals surface area (Å²) in [5, 5.41) is 11.1. The Morgan fingerprint density at radius 1 is 1.20 bits per heavy atom. The van der Waals surface area contributed by atoms with Gasteiger partial charge in [0.15, 0.2) is 0 Å². The van der Waals surface area contributed by atoms with E-state index in [0.717, 1.165) is 23.6 Å². The van der Waals surface area contributed by atoms with Gasteiger partial charge in [-0.1, -0.05) is 6.07 Å². The molecule has 0 aliphatic rings. The van der Waals surface area contributed by atoms with Crippen LogP contribution >= 0.6 is 0 Å². The summed E-state index contributed by atoms with van der Waals surface area (Å²) >= 11 is 0. The molecule has 0 aliphatic carbocycles. The van der Waals surface area contributed by atoms with Crippen LogP contribution in [-0.4, -0.2) is 20.8 Å². The molecular weight excluding hydrogens is 252 g/mol. The normalized spacial score (nSPS) is 12.2. The SMILES string of the molecule is CC(Cc1ccco1)Nc1cccc(-n2cnnc2)c1. The molecule has 20 heavy (non-hydrogen) atoms. The molecule has 0 fully saturated rings. The molecule has 1 unspecified atom stereocenters. The summed E-state index contributed by atoms with van der Waals surface area (Å²) in [7, 11) is 0. The van der Waals surface area contributed by atoms with Crippen LogP contribution in [0, 0.1) is 0 Å². The van der Waals surface area contributed by atoms with Crippen molar-refractivity contribution in [3.63, 3.8) is 0 Å². The Kier molecular flexibility index (Phi) is 3.50. The summed E-state index contributed by atoms with van der Waals surface area (Å²) < 4.78 is 7.24. The third-order valence-corrected chi connectivity index (χ3v) is 3.06. The van der Waals surface area contributed by atoms with E-state index in [4.69, 9.17) is 4.42 Å². The fourth-order valence-corrected chi connectivity index (χ4v) is 2.16. The second-order valence-electron chi connectivity index (χ2n) is 4.75. The van der Waals surface area contributed by atoms with Gasteiger partial charge in [0.05, 0.1) is 12.0 Å². The number of furan rings is 1. The Bertz CT molecular complexity index is 646. The van der Waals surface area contributed by atoms with Gasteiger partial charge in [0.1, 0.15) is 18.4 Å². The maximum atomic E-state index is 5.36. The second kappa shape index (κ2) is 5.61. The monoisotopic (exact) mass is 268 g/mol. The molecule has 0 aliphatic heterocycles. The quantitative estimate of drug-likeness (QED) is 0.773. The molecular formula is C15H16N4O. The minimum Gasteiger partial charge on any atom is -0.469 e. The van der Waals surface area contributed by atoms with Crippen molar-refractivity contribution in [2.45, 2.75) is 19.4 Å². The van der Waals surface area contributed by atoms with Crippen molar-refractivity contribution in [3.05, 3.63) is 61.1 Å². The van der Waals surface area contributed by atoms with E-state index >= 15 is 0 Å². The van der Waals surface area contributed by atoms with Crippen molar-refractivity contribution in [1.82, 2.24) is 14.8 Å². The Balaban J connectivity index is 1.70. The number of aromatic nitrogens is 3. The summed E-state index contributed by atoms with van der Waals surface area (Å²) in [4.78, 5) is 0. The lowest BCUT2D eigenvalue weighted by molar-refractivity contribution is 0.498. The zero-order valence-corrected chi connectivity index (χ0v) is 11.2. The highest BCUT2D eigenvalue weighted by molar-refractivity contribution is 5.51. The van der Waals surface area contributed by atoms with Crippen molar-refractivity contribution in [2.75, 3.05) is 5.32 Å². The molecule has 0 saturated heterocycles. The first-order chi connectivity index (χ1) is 9.81. The molecule has 1 atom stereocenters. The Morgan fingerprint density at radius 2 is 2.05 bits per heavy atom. The highest BCUT2D eigenvalue weighted by atomic mass is 16.3. The van der Waals surface area contributed by atoms with Crippen LogP contribution in [0.4, 0.5) is 5.69 Å². The molecule has 1 N–H and O–H groups in total. The molecule has 1 aromatic carbocycles. The molecule has 3 aromatic rings. The molecule has 0 bridgehead atoms. The fourth-order valence-electron chi connectivity index (χ4n) is 2.16. The van der Waals surface area contributed by atoms with E-state index in [-0.39, 0.29) is 6.04 Å². The number of anilines is 1. The Hall–Kier alpha value is -2.56. The third-order valence-electron chi connectivity index (χ3n) is 3.06. The molecule has 5 heteroatoms. The van der Waals surface area contributed by atoms with Gasteiger partial charge in [0, 0.05) is 18.2 Å². The molecule has 0 amide bonds. The van der Waals surface area contributed by atoms with Crippen molar-refractivity contribution in [2.24, 2.45) is 0 Å². The number of benzene rings is 1. The zero-order valence-electron chi connectivity index (χ0n) is 11.2. The lowest BCUT2D eigenvalue weighted by Crippen LogP contribution is -2.17. The standard InChI is InChI=1S/C15H16N4O/c1-12(8-15-6-3-7-20-15)18-13-4-2-5-14(9-13)19-10-16-17-11-19/h2-7,9-12,18H,8H2,1H3. The molecule has 0 radical (unpaired) electrons. The summed E-state index contributed by atoms with van der Waals surface area (Å²) in [5.41, 5.74) is 2.10. The first-order valence-electron chi connectivity index (χ1n) is 6.55. The van der Waals surface area contributed by atoms with Crippen LogP contribution in [0.15, 0.2) is 59.7 Å². The van der Waals surface area contributed by atoms with Gasteiger partial charge in [-0.15, -0.1) is 10.2 Å². The van der Waals surface area contributed by atoms with Crippen LogP contribution in [0.1, 0.15) is 12.7 Å². The molecule has 5 nitrogen and oxygen atoms in total. The minimum atomic E-state index is 0.289. The number of nitrogens with zero attached hydrogens (tertiary/aromatic N) is 3. The van der Waals surface area contributed by atoms with Crippen molar-refractivity contribution in [3.8, 4) is 5.69 Å². The van der Waals surface area contributed by atoms with Gasteiger partial charge in [0.2, 0.25) is 0 Å². The van der Waals surface area contributed by atoms with E-state index in [0.29, 0.717) is 0 Å². The highest BCUT2D eigenvalue weighted by Gasteiger charge is 2.06. The number of hydrogen-bond donors (Lipinski definition) is 1. The van der Waals surface area contributed by atoms with Gasteiger partial charge in [-0.3, -0.25) is 4.57 Å². The smallest absolute Gasteiger partial charge is 0.123 e. The molecule has 0 spiro atoms. The first kappa shape index (κ1) is 12.5. The Morgan fingerprint density at radius 3 is 2.80 bits per heavy atom. The number of rotatable bonds is 5. The van der Waals surface area contributed by atoms with Gasteiger partial charge in [-0.05, 0) is 37.3 Å². The number of hydrogen-bond acceptors (Lipinski definition) is 4. The Labute approximate surface area is 117 Å². The van der Waals surface area contributed by atoms with Crippen LogP contribution in [-0.2, 0) is 6.42 Å². The molecule has 102 valence electrons.